The first kappa shape index (κ1) is 24.0. The molecular formula is C15H27N3OP2S4. The van der Waals surface area contributed by atoms with Crippen LogP contribution in [0.4, 0.5) is 0 Å². The third-order valence-electron chi connectivity index (χ3n) is 3.92. The zero-order valence-electron chi connectivity index (χ0n) is 15.2. The second kappa shape index (κ2) is 11.7. The lowest BCUT2D eigenvalue weighted by atomic mass is 10.1. The quantitative estimate of drug-likeness (QED) is 0.384. The Labute approximate surface area is 171 Å². The second-order valence-electron chi connectivity index (χ2n) is 5.87. The third-order valence-corrected chi connectivity index (χ3v) is 18.2. The Hall–Kier alpha value is 0.930. The Morgan fingerprint density at radius 1 is 1.44 bits per heavy atom. The molecule has 0 aromatic heterocycles. The van der Waals surface area contributed by atoms with Crippen molar-refractivity contribution in [3.8, 4) is 24.7 Å². The molecule has 1 heterocycles. The third kappa shape index (κ3) is 7.11. The maximum Gasteiger partial charge on any atom is 0.179 e. The molecule has 10 heteroatoms. The SMILES string of the molecule is C#CC(CS[PH](=O)SC)CN(C)CN1CC(C#C)CN(C)P1(=S)SC. The maximum absolute atomic E-state index is 11.6. The van der Waals surface area contributed by atoms with Crippen LogP contribution < -0.4 is 0 Å². The summed E-state index contributed by atoms with van der Waals surface area (Å²) in [5, 5.41) is 0. The molecule has 25 heavy (non-hydrogen) atoms. The number of hydrogen-bond acceptors (Lipinski definition) is 6. The van der Waals surface area contributed by atoms with Crippen molar-refractivity contribution in [2.75, 3.05) is 58.7 Å². The minimum absolute atomic E-state index is 0.0779. The van der Waals surface area contributed by atoms with E-state index >= 15 is 0 Å². The van der Waals surface area contributed by atoms with E-state index in [1.165, 1.54) is 22.8 Å². The number of nitrogens with zero attached hydrogens (tertiary/aromatic N) is 3. The van der Waals surface area contributed by atoms with Gasteiger partial charge in [-0.3, -0.25) is 9.57 Å². The van der Waals surface area contributed by atoms with Crippen molar-refractivity contribution in [3.05, 3.63) is 0 Å². The lowest BCUT2D eigenvalue weighted by Crippen LogP contribution is -2.46. The van der Waals surface area contributed by atoms with E-state index in [1.54, 1.807) is 11.4 Å². The van der Waals surface area contributed by atoms with Gasteiger partial charge in [0.25, 0.3) is 0 Å². The highest BCUT2D eigenvalue weighted by Crippen LogP contribution is 2.64. The van der Waals surface area contributed by atoms with Gasteiger partial charge in [0.1, 0.15) is 5.54 Å². The summed E-state index contributed by atoms with van der Waals surface area (Å²) in [6.45, 7) is 3.21. The maximum atomic E-state index is 11.6. The van der Waals surface area contributed by atoms with Crippen LogP contribution in [0.15, 0.2) is 0 Å². The van der Waals surface area contributed by atoms with E-state index in [9.17, 15) is 4.57 Å². The average Bonchev–Trinajstić information content (AvgIpc) is 2.61. The number of hydrogen-bond donors (Lipinski definition) is 0. The number of terminal acetylenes is 2. The molecule has 4 unspecified atom stereocenters. The predicted molar refractivity (Wildman–Crippen MR) is 124 cm³/mol. The molecule has 0 aromatic rings. The minimum atomic E-state index is -1.81. The van der Waals surface area contributed by atoms with Crippen LogP contribution in [0.2, 0.25) is 0 Å². The molecule has 0 amide bonds. The van der Waals surface area contributed by atoms with E-state index in [0.717, 1.165) is 32.1 Å². The van der Waals surface area contributed by atoms with Crippen molar-refractivity contribution in [3.63, 3.8) is 0 Å². The van der Waals surface area contributed by atoms with Gasteiger partial charge in [-0.2, -0.15) is 0 Å². The molecule has 0 N–H and O–H groups in total. The molecule has 1 fully saturated rings. The Morgan fingerprint density at radius 2 is 2.12 bits per heavy atom. The van der Waals surface area contributed by atoms with E-state index < -0.39 is 11.7 Å². The van der Waals surface area contributed by atoms with E-state index in [4.69, 9.17) is 24.7 Å². The highest BCUT2D eigenvalue weighted by molar-refractivity contribution is 8.84. The first-order valence-corrected chi connectivity index (χ1v) is 17.4. The summed E-state index contributed by atoms with van der Waals surface area (Å²) in [4.78, 5) is 2.21. The van der Waals surface area contributed by atoms with Gasteiger partial charge in [0.15, 0.2) is 6.20 Å². The van der Waals surface area contributed by atoms with Gasteiger partial charge in [0, 0.05) is 37.2 Å². The summed E-state index contributed by atoms with van der Waals surface area (Å²) < 4.78 is 16.3. The van der Waals surface area contributed by atoms with Gasteiger partial charge in [-0.1, -0.05) is 46.0 Å². The van der Waals surface area contributed by atoms with Crippen LogP contribution in [-0.4, -0.2) is 72.9 Å². The highest BCUT2D eigenvalue weighted by Gasteiger charge is 2.37. The van der Waals surface area contributed by atoms with Crippen molar-refractivity contribution >= 4 is 57.7 Å². The smallest absolute Gasteiger partial charge is 0.179 e. The fraction of sp³-hybridized carbons (Fsp3) is 0.733. The average molecular weight is 456 g/mol. The second-order valence-corrected chi connectivity index (χ2v) is 19.9. The molecule has 4 nitrogen and oxygen atoms in total. The molecule has 0 spiro atoms. The molecule has 0 aliphatic carbocycles. The van der Waals surface area contributed by atoms with Gasteiger partial charge in [-0.05, 0) is 26.6 Å². The Balaban J connectivity index is 2.70. The molecule has 0 saturated carbocycles. The number of rotatable bonds is 9. The summed E-state index contributed by atoms with van der Waals surface area (Å²) in [6.07, 6.45) is 13.7. The topological polar surface area (TPSA) is 26.8 Å². The molecule has 1 aliphatic rings. The van der Waals surface area contributed by atoms with Gasteiger partial charge < -0.3 is 4.57 Å². The van der Waals surface area contributed by atoms with Gasteiger partial charge in [-0.15, -0.1) is 24.7 Å². The molecular weight excluding hydrogens is 428 g/mol. The standard InChI is InChI=1S/C15H27N3OP2S4/c1-7-14-10-17(4)21(22,24-6)18(11-14)13-16(3)9-15(8-2)12-25-20(19)23-5/h1-2,14-15,20H,9-13H2,3-6H3. The Bertz CT molecular complexity index is 592. The zero-order valence-corrected chi connectivity index (χ0v) is 20.3. The summed E-state index contributed by atoms with van der Waals surface area (Å²) in [7, 11) is 4.14. The monoisotopic (exact) mass is 455 g/mol. The van der Waals surface area contributed by atoms with E-state index in [2.05, 4.69) is 46.4 Å². The van der Waals surface area contributed by atoms with Crippen molar-refractivity contribution in [1.82, 2.24) is 14.2 Å². The van der Waals surface area contributed by atoms with Crippen LogP contribution in [0.25, 0.3) is 0 Å². The molecule has 142 valence electrons. The molecule has 4 atom stereocenters. The van der Waals surface area contributed by atoms with Crippen LogP contribution in [0, 0.1) is 36.5 Å². The molecule has 1 aliphatic heterocycles. The first-order valence-electron chi connectivity index (χ1n) is 7.75. The van der Waals surface area contributed by atoms with Crippen LogP contribution in [0.5, 0.6) is 0 Å². The van der Waals surface area contributed by atoms with Crippen LogP contribution >= 0.6 is 45.9 Å². The fourth-order valence-electron chi connectivity index (χ4n) is 2.65. The molecule has 1 saturated heterocycles. The van der Waals surface area contributed by atoms with E-state index in [1.807, 2.05) is 6.26 Å². The molecule has 0 bridgehead atoms. The summed E-state index contributed by atoms with van der Waals surface area (Å²) in [6, 6.07) is 0. The van der Waals surface area contributed by atoms with E-state index in [-0.39, 0.29) is 11.8 Å². The first-order chi connectivity index (χ1) is 11.8. The van der Waals surface area contributed by atoms with Crippen molar-refractivity contribution < 1.29 is 4.57 Å². The van der Waals surface area contributed by atoms with Crippen molar-refractivity contribution in [1.29, 1.82) is 0 Å². The Morgan fingerprint density at radius 3 is 2.64 bits per heavy atom. The summed E-state index contributed by atoms with van der Waals surface area (Å²) in [5.41, 5.74) is -1.81. The van der Waals surface area contributed by atoms with Crippen LogP contribution in [0.1, 0.15) is 0 Å². The predicted octanol–water partition coefficient (Wildman–Crippen LogP) is 3.70. The minimum Gasteiger partial charge on any atom is -0.304 e. The molecule has 1 rings (SSSR count). The fourth-order valence-corrected chi connectivity index (χ4v) is 11.1. The van der Waals surface area contributed by atoms with Crippen molar-refractivity contribution in [2.45, 2.75) is 0 Å². The largest absolute Gasteiger partial charge is 0.304 e. The van der Waals surface area contributed by atoms with E-state index in [0.29, 0.717) is 0 Å². The summed E-state index contributed by atoms with van der Waals surface area (Å²) in [5.74, 6) is 6.72. The van der Waals surface area contributed by atoms with Gasteiger partial charge >= 0.3 is 0 Å². The molecule has 0 aromatic carbocycles. The normalized spacial score (nSPS) is 27.6. The van der Waals surface area contributed by atoms with Crippen LogP contribution in [-0.2, 0) is 16.4 Å². The lowest BCUT2D eigenvalue weighted by Gasteiger charge is -2.47. The molecule has 0 radical (unpaired) electrons. The summed E-state index contributed by atoms with van der Waals surface area (Å²) >= 11 is 10.7. The van der Waals surface area contributed by atoms with Gasteiger partial charge in [-0.25, -0.2) is 4.67 Å². The Kier molecular flexibility index (Phi) is 11.2. The van der Waals surface area contributed by atoms with Crippen molar-refractivity contribution in [2.24, 2.45) is 11.8 Å². The zero-order chi connectivity index (χ0) is 19.0. The lowest BCUT2D eigenvalue weighted by molar-refractivity contribution is 0.194. The van der Waals surface area contributed by atoms with Gasteiger partial charge in [0.05, 0.1) is 6.67 Å². The highest BCUT2D eigenvalue weighted by atomic mass is 33.1. The van der Waals surface area contributed by atoms with Crippen LogP contribution in [0.3, 0.4) is 0 Å². The van der Waals surface area contributed by atoms with Gasteiger partial charge in [0.2, 0.25) is 0 Å².